The fraction of sp³-hybridized carbons (Fsp3) is 0.385. The Morgan fingerprint density at radius 3 is 2.41 bits per heavy atom. The van der Waals surface area contributed by atoms with Crippen molar-refractivity contribution in [2.75, 3.05) is 40.4 Å². The van der Waals surface area contributed by atoms with Crippen molar-refractivity contribution in [2.45, 2.75) is 19.3 Å². The van der Waals surface area contributed by atoms with Gasteiger partial charge in [-0.15, -0.1) is 0 Å². The summed E-state index contributed by atoms with van der Waals surface area (Å²) >= 11 is 0. The number of nitrogens with zero attached hydrogens (tertiary/aromatic N) is 4. The maximum absolute atomic E-state index is 12.8. The molecule has 0 unspecified atom stereocenters. The van der Waals surface area contributed by atoms with Crippen LogP contribution < -0.4 is 9.47 Å². The highest BCUT2D eigenvalue weighted by Gasteiger charge is 2.42. The summed E-state index contributed by atoms with van der Waals surface area (Å²) in [5.41, 5.74) is 1.50. The topological polar surface area (TPSA) is 84.9 Å². The van der Waals surface area contributed by atoms with Crippen molar-refractivity contribution < 1.29 is 19.1 Å². The number of carbonyl (C=O) groups is 2. The number of ether oxygens (including phenoxy) is 2. The molecule has 2 fully saturated rings. The van der Waals surface area contributed by atoms with Crippen LogP contribution in [0.1, 0.15) is 30.4 Å². The number of piperidine rings is 1. The molecular formula is C26H28N4O4. The Labute approximate surface area is 199 Å². The first-order valence-electron chi connectivity index (χ1n) is 11.3. The molecule has 2 aliphatic rings. The lowest BCUT2D eigenvalue weighted by molar-refractivity contribution is -0.128. The highest BCUT2D eigenvalue weighted by atomic mass is 16.5. The van der Waals surface area contributed by atoms with Crippen LogP contribution in [-0.2, 0) is 9.59 Å². The van der Waals surface area contributed by atoms with Gasteiger partial charge < -0.3 is 19.3 Å². The standard InChI is InChI=1S/C26H28N4O4/c1-33-24-21(18-27-25(28-24)34-2)9-11-23(32)30-17-14-26(19-30)12-15-29(16-13-26)22(31)10-8-20-6-4-3-5-7-20/h3-7,9,11,18H,12-17,19H2,1-2H3. The van der Waals surface area contributed by atoms with Crippen molar-refractivity contribution >= 4 is 17.9 Å². The zero-order chi connectivity index (χ0) is 24.0. The van der Waals surface area contributed by atoms with Crippen LogP contribution in [0.4, 0.5) is 0 Å². The van der Waals surface area contributed by atoms with Gasteiger partial charge in [0, 0.05) is 49.9 Å². The van der Waals surface area contributed by atoms with Gasteiger partial charge in [-0.1, -0.05) is 24.1 Å². The van der Waals surface area contributed by atoms with Gasteiger partial charge in [0.05, 0.1) is 19.8 Å². The Morgan fingerprint density at radius 2 is 1.74 bits per heavy atom. The second-order valence-corrected chi connectivity index (χ2v) is 8.57. The van der Waals surface area contributed by atoms with Crippen molar-refractivity contribution in [3.63, 3.8) is 0 Å². The third kappa shape index (κ3) is 5.37. The lowest BCUT2D eigenvalue weighted by Gasteiger charge is -2.38. The molecule has 3 heterocycles. The van der Waals surface area contributed by atoms with Crippen LogP contribution in [0, 0.1) is 17.3 Å². The van der Waals surface area contributed by atoms with E-state index in [0.717, 1.165) is 24.8 Å². The molecule has 1 aromatic carbocycles. The first-order chi connectivity index (χ1) is 16.5. The van der Waals surface area contributed by atoms with Crippen molar-refractivity contribution in [3.8, 4) is 23.7 Å². The number of aromatic nitrogens is 2. The molecule has 0 aliphatic carbocycles. The van der Waals surface area contributed by atoms with Crippen LogP contribution >= 0.6 is 0 Å². The quantitative estimate of drug-likeness (QED) is 0.515. The molecule has 8 nitrogen and oxygen atoms in total. The first kappa shape index (κ1) is 23.3. The van der Waals surface area contributed by atoms with E-state index in [1.54, 1.807) is 12.3 Å². The monoisotopic (exact) mass is 460 g/mol. The van der Waals surface area contributed by atoms with Gasteiger partial charge in [0.15, 0.2) is 0 Å². The number of rotatable bonds is 4. The van der Waals surface area contributed by atoms with Gasteiger partial charge in [0.2, 0.25) is 11.8 Å². The van der Waals surface area contributed by atoms with Crippen molar-refractivity contribution in [1.82, 2.24) is 19.8 Å². The molecule has 0 N–H and O–H groups in total. The van der Waals surface area contributed by atoms with E-state index in [1.165, 1.54) is 20.3 Å². The zero-order valence-electron chi connectivity index (χ0n) is 19.5. The van der Waals surface area contributed by atoms with E-state index in [1.807, 2.05) is 40.1 Å². The zero-order valence-corrected chi connectivity index (χ0v) is 19.5. The van der Waals surface area contributed by atoms with Crippen molar-refractivity contribution in [2.24, 2.45) is 5.41 Å². The SMILES string of the molecule is COc1ncc(C=CC(=O)N2CCC3(CCN(C(=O)C#Cc4ccccc4)CC3)C2)c(OC)n1. The van der Waals surface area contributed by atoms with Crippen molar-refractivity contribution in [1.29, 1.82) is 0 Å². The van der Waals surface area contributed by atoms with E-state index in [-0.39, 0.29) is 23.2 Å². The van der Waals surface area contributed by atoms with E-state index >= 15 is 0 Å². The highest BCUT2D eigenvalue weighted by Crippen LogP contribution is 2.40. The molecule has 0 bridgehead atoms. The molecule has 0 saturated carbocycles. The molecule has 1 spiro atoms. The van der Waals surface area contributed by atoms with Crippen LogP contribution in [0.2, 0.25) is 0 Å². The van der Waals surface area contributed by atoms with E-state index in [2.05, 4.69) is 21.8 Å². The first-order valence-corrected chi connectivity index (χ1v) is 11.3. The molecule has 8 heteroatoms. The third-order valence-electron chi connectivity index (χ3n) is 6.49. The van der Waals surface area contributed by atoms with Gasteiger partial charge in [0.25, 0.3) is 5.91 Å². The maximum Gasteiger partial charge on any atom is 0.319 e. The number of amides is 2. The van der Waals surface area contributed by atoms with Gasteiger partial charge in [-0.05, 0) is 42.9 Å². The van der Waals surface area contributed by atoms with Crippen LogP contribution in [0.15, 0.2) is 42.6 Å². The highest BCUT2D eigenvalue weighted by molar-refractivity contribution is 5.94. The largest absolute Gasteiger partial charge is 0.480 e. The predicted octanol–water partition coefficient (Wildman–Crippen LogP) is 2.40. The molecule has 1 aromatic heterocycles. The van der Waals surface area contributed by atoms with E-state index in [4.69, 9.17) is 9.47 Å². The predicted molar refractivity (Wildman–Crippen MR) is 127 cm³/mol. The number of methoxy groups -OCH3 is 2. The molecule has 2 aromatic rings. The summed E-state index contributed by atoms with van der Waals surface area (Å²) in [6, 6.07) is 9.72. The van der Waals surface area contributed by atoms with Gasteiger partial charge in [-0.25, -0.2) is 4.98 Å². The number of hydrogen-bond donors (Lipinski definition) is 0. The number of carbonyl (C=O) groups excluding carboxylic acids is 2. The van der Waals surface area contributed by atoms with Crippen LogP contribution in [0.5, 0.6) is 11.9 Å². The molecule has 2 amide bonds. The molecular weight excluding hydrogens is 432 g/mol. The molecule has 2 aliphatic heterocycles. The van der Waals surface area contributed by atoms with E-state index < -0.39 is 0 Å². The van der Waals surface area contributed by atoms with E-state index in [0.29, 0.717) is 37.6 Å². The second-order valence-electron chi connectivity index (χ2n) is 8.57. The summed E-state index contributed by atoms with van der Waals surface area (Å²) in [6.45, 7) is 2.74. The average Bonchev–Trinajstić information content (AvgIpc) is 3.30. The summed E-state index contributed by atoms with van der Waals surface area (Å²) in [5.74, 6) is 5.86. The van der Waals surface area contributed by atoms with Crippen LogP contribution in [0.25, 0.3) is 6.08 Å². The smallest absolute Gasteiger partial charge is 0.319 e. The Hall–Kier alpha value is -3.86. The Bertz CT molecular complexity index is 1130. The lowest BCUT2D eigenvalue weighted by Crippen LogP contribution is -2.44. The summed E-state index contributed by atoms with van der Waals surface area (Å²) in [7, 11) is 2.99. The van der Waals surface area contributed by atoms with E-state index in [9.17, 15) is 9.59 Å². The number of benzene rings is 1. The minimum Gasteiger partial charge on any atom is -0.480 e. The van der Waals surface area contributed by atoms with Gasteiger partial charge in [0.1, 0.15) is 0 Å². The Morgan fingerprint density at radius 1 is 1.03 bits per heavy atom. The van der Waals surface area contributed by atoms with Gasteiger partial charge >= 0.3 is 6.01 Å². The minimum atomic E-state index is -0.136. The summed E-state index contributed by atoms with van der Waals surface area (Å²) < 4.78 is 10.3. The normalized spacial score (nSPS) is 16.9. The fourth-order valence-corrected chi connectivity index (χ4v) is 4.44. The molecule has 2 saturated heterocycles. The summed E-state index contributed by atoms with van der Waals surface area (Å²) in [5, 5.41) is 0. The third-order valence-corrected chi connectivity index (χ3v) is 6.49. The lowest BCUT2D eigenvalue weighted by atomic mass is 9.78. The minimum absolute atomic E-state index is 0.0537. The van der Waals surface area contributed by atoms with Crippen molar-refractivity contribution in [3.05, 3.63) is 53.7 Å². The van der Waals surface area contributed by atoms with Gasteiger partial charge in [-0.3, -0.25) is 9.59 Å². The molecule has 176 valence electrons. The molecule has 0 radical (unpaired) electrons. The van der Waals surface area contributed by atoms with Crippen LogP contribution in [-0.4, -0.2) is 72.0 Å². The number of likely N-dealkylation sites (tertiary alicyclic amines) is 2. The Kier molecular flexibility index (Phi) is 7.12. The average molecular weight is 461 g/mol. The maximum atomic E-state index is 12.8. The molecule has 34 heavy (non-hydrogen) atoms. The second kappa shape index (κ2) is 10.4. The summed E-state index contributed by atoms with van der Waals surface area (Å²) in [4.78, 5) is 37.2. The van der Waals surface area contributed by atoms with Crippen LogP contribution in [0.3, 0.4) is 0 Å². The summed E-state index contributed by atoms with van der Waals surface area (Å²) in [6.07, 6.45) is 7.45. The molecule has 0 atom stereocenters. The van der Waals surface area contributed by atoms with Gasteiger partial charge in [-0.2, -0.15) is 4.98 Å². The number of hydrogen-bond acceptors (Lipinski definition) is 6. The Balaban J connectivity index is 1.31. The molecule has 4 rings (SSSR count). The fourth-order valence-electron chi connectivity index (χ4n) is 4.44.